The number of anilines is 3. The summed E-state index contributed by atoms with van der Waals surface area (Å²) in [5.41, 5.74) is -0.204. The van der Waals surface area contributed by atoms with Crippen molar-refractivity contribution < 1.29 is 27.2 Å². The first-order valence-corrected chi connectivity index (χ1v) is 10.3. The van der Waals surface area contributed by atoms with Gasteiger partial charge in [0, 0.05) is 35.2 Å². The molecule has 11 heteroatoms. The highest BCUT2D eigenvalue weighted by Gasteiger charge is 2.30. The van der Waals surface area contributed by atoms with Gasteiger partial charge in [-0.2, -0.15) is 13.2 Å². The summed E-state index contributed by atoms with van der Waals surface area (Å²) in [5, 5.41) is 8.08. The van der Waals surface area contributed by atoms with E-state index in [9.17, 15) is 27.2 Å². The topological polar surface area (TPSA) is 73.5 Å². The zero-order valence-electron chi connectivity index (χ0n) is 17.5. The van der Waals surface area contributed by atoms with E-state index in [1.54, 1.807) is 24.3 Å². The van der Waals surface area contributed by atoms with Gasteiger partial charge in [0.2, 0.25) is 0 Å². The molecule has 3 rings (SSSR count). The molecule has 0 radical (unpaired) electrons. The van der Waals surface area contributed by atoms with Crippen LogP contribution >= 0.6 is 11.6 Å². The number of hydrogen-bond acceptors (Lipinski definition) is 2. The van der Waals surface area contributed by atoms with E-state index in [-0.39, 0.29) is 24.5 Å². The van der Waals surface area contributed by atoms with Gasteiger partial charge in [0.15, 0.2) is 0 Å². The van der Waals surface area contributed by atoms with Crippen LogP contribution in [-0.4, -0.2) is 25.2 Å². The predicted molar refractivity (Wildman–Crippen MR) is 123 cm³/mol. The predicted octanol–water partition coefficient (Wildman–Crippen LogP) is 6.36. The van der Waals surface area contributed by atoms with Crippen molar-refractivity contribution in [3.8, 4) is 0 Å². The first-order valence-electron chi connectivity index (χ1n) is 9.93. The molecular formula is C23H19ClF4N4O2. The van der Waals surface area contributed by atoms with Crippen molar-refractivity contribution in [3.05, 3.63) is 89.2 Å². The Bertz CT molecular complexity index is 1140. The Hall–Kier alpha value is -3.79. The first-order chi connectivity index (χ1) is 16.1. The molecule has 0 fully saturated rings. The number of nitrogens with one attached hydrogen (secondary N) is 3. The van der Waals surface area contributed by atoms with E-state index in [4.69, 9.17) is 11.6 Å². The molecule has 0 saturated heterocycles. The van der Waals surface area contributed by atoms with Gasteiger partial charge in [-0.25, -0.2) is 14.0 Å². The summed E-state index contributed by atoms with van der Waals surface area (Å²) in [6, 6.07) is 14.3. The lowest BCUT2D eigenvalue weighted by Crippen LogP contribution is -2.42. The van der Waals surface area contributed by atoms with Crippen molar-refractivity contribution in [2.75, 3.05) is 28.6 Å². The average molecular weight is 495 g/mol. The van der Waals surface area contributed by atoms with Gasteiger partial charge in [-0.3, -0.25) is 4.90 Å². The summed E-state index contributed by atoms with van der Waals surface area (Å²) in [5.74, 6) is -0.526. The van der Waals surface area contributed by atoms with Crippen LogP contribution in [0, 0.1) is 5.82 Å². The van der Waals surface area contributed by atoms with Crippen molar-refractivity contribution in [3.63, 3.8) is 0 Å². The van der Waals surface area contributed by atoms with E-state index in [2.05, 4.69) is 16.0 Å². The maximum Gasteiger partial charge on any atom is 0.416 e. The van der Waals surface area contributed by atoms with Crippen molar-refractivity contribution in [2.24, 2.45) is 0 Å². The van der Waals surface area contributed by atoms with Crippen LogP contribution in [0.5, 0.6) is 0 Å². The van der Waals surface area contributed by atoms with Crippen molar-refractivity contribution in [2.45, 2.75) is 6.18 Å². The summed E-state index contributed by atoms with van der Waals surface area (Å²) >= 11 is 5.80. The molecule has 0 saturated carbocycles. The van der Waals surface area contributed by atoms with E-state index in [0.717, 1.165) is 24.3 Å². The second-order valence-electron chi connectivity index (χ2n) is 7.02. The fraction of sp³-hybridized carbons (Fsp3) is 0.130. The fourth-order valence-corrected chi connectivity index (χ4v) is 3.05. The molecule has 3 N–H and O–H groups in total. The Morgan fingerprint density at radius 2 is 1.56 bits per heavy atom. The molecule has 0 aliphatic rings. The summed E-state index contributed by atoms with van der Waals surface area (Å²) in [6.45, 7) is -0.0583. The molecular weight excluding hydrogens is 476 g/mol. The minimum absolute atomic E-state index is 0.00713. The maximum absolute atomic E-state index is 13.3. The summed E-state index contributed by atoms with van der Waals surface area (Å²) < 4.78 is 52.3. The smallest absolute Gasteiger partial charge is 0.336 e. The molecule has 0 spiro atoms. The zero-order valence-corrected chi connectivity index (χ0v) is 18.3. The highest BCUT2D eigenvalue weighted by atomic mass is 35.5. The number of amides is 4. The highest BCUT2D eigenvalue weighted by molar-refractivity contribution is 6.30. The number of alkyl halides is 3. The summed E-state index contributed by atoms with van der Waals surface area (Å²) in [4.78, 5) is 26.1. The monoisotopic (exact) mass is 494 g/mol. The van der Waals surface area contributed by atoms with Gasteiger partial charge in [-0.1, -0.05) is 17.7 Å². The molecule has 0 unspecified atom stereocenters. The number of nitrogens with zero attached hydrogens (tertiary/aromatic N) is 1. The lowest BCUT2D eigenvalue weighted by atomic mass is 10.2. The van der Waals surface area contributed by atoms with E-state index in [1.807, 2.05) is 0 Å². The van der Waals surface area contributed by atoms with Gasteiger partial charge in [0.25, 0.3) is 0 Å². The van der Waals surface area contributed by atoms with E-state index < -0.39 is 29.6 Å². The standard InChI is InChI=1S/C23H19ClF4N4O2/c24-16-4-8-18(9-5-16)30-21(33)29-12-13-32(20-10-6-17(25)7-11-20)22(34)31-19-3-1-2-15(14-19)23(26,27)28/h1-11,14H,12-13H2,(H,31,34)(H2,29,30,33). The molecule has 178 valence electrons. The van der Waals surface area contributed by atoms with Gasteiger partial charge >= 0.3 is 18.2 Å². The van der Waals surface area contributed by atoms with E-state index in [0.29, 0.717) is 10.7 Å². The van der Waals surface area contributed by atoms with Gasteiger partial charge in [-0.15, -0.1) is 0 Å². The molecule has 0 atom stereocenters. The third-order valence-electron chi connectivity index (χ3n) is 4.55. The molecule has 0 heterocycles. The van der Waals surface area contributed by atoms with Crippen LogP contribution in [0.4, 0.5) is 44.2 Å². The van der Waals surface area contributed by atoms with Crippen molar-refractivity contribution >= 4 is 40.7 Å². The third kappa shape index (κ3) is 7.11. The van der Waals surface area contributed by atoms with Crippen LogP contribution in [0.1, 0.15) is 5.56 Å². The van der Waals surface area contributed by atoms with Crippen LogP contribution in [-0.2, 0) is 6.18 Å². The number of hydrogen-bond donors (Lipinski definition) is 3. The second kappa shape index (κ2) is 10.9. The lowest BCUT2D eigenvalue weighted by Gasteiger charge is -2.24. The van der Waals surface area contributed by atoms with Gasteiger partial charge in [-0.05, 0) is 66.7 Å². The van der Waals surface area contributed by atoms with E-state index >= 15 is 0 Å². The van der Waals surface area contributed by atoms with Crippen LogP contribution < -0.4 is 20.9 Å². The number of benzene rings is 3. The van der Waals surface area contributed by atoms with Gasteiger partial charge in [0.05, 0.1) is 5.56 Å². The van der Waals surface area contributed by atoms with Crippen molar-refractivity contribution in [1.82, 2.24) is 5.32 Å². The Balaban J connectivity index is 1.67. The Kier molecular flexibility index (Phi) is 7.95. The van der Waals surface area contributed by atoms with Gasteiger partial charge < -0.3 is 16.0 Å². The number of carbonyl (C=O) groups excluding carboxylic acids is 2. The van der Waals surface area contributed by atoms with Crippen LogP contribution in [0.15, 0.2) is 72.8 Å². The Labute approximate surface area is 197 Å². The minimum Gasteiger partial charge on any atom is -0.336 e. The molecule has 34 heavy (non-hydrogen) atoms. The fourth-order valence-electron chi connectivity index (χ4n) is 2.92. The SMILES string of the molecule is O=C(NCCN(C(=O)Nc1cccc(C(F)(F)F)c1)c1ccc(F)cc1)Nc1ccc(Cl)cc1. The quantitative estimate of drug-likeness (QED) is 0.349. The Morgan fingerprint density at radius 3 is 2.21 bits per heavy atom. The molecule has 0 bridgehead atoms. The molecule has 4 amide bonds. The summed E-state index contributed by atoms with van der Waals surface area (Å²) in [6.07, 6.45) is -4.57. The van der Waals surface area contributed by atoms with Crippen LogP contribution in [0.3, 0.4) is 0 Å². The zero-order chi connectivity index (χ0) is 24.7. The Morgan fingerprint density at radius 1 is 0.882 bits per heavy atom. The highest BCUT2D eigenvalue weighted by Crippen LogP contribution is 2.30. The van der Waals surface area contributed by atoms with Gasteiger partial charge in [0.1, 0.15) is 5.82 Å². The number of urea groups is 2. The molecule has 0 aliphatic carbocycles. The third-order valence-corrected chi connectivity index (χ3v) is 4.80. The second-order valence-corrected chi connectivity index (χ2v) is 7.46. The largest absolute Gasteiger partial charge is 0.416 e. The molecule has 3 aromatic carbocycles. The van der Waals surface area contributed by atoms with E-state index in [1.165, 1.54) is 29.2 Å². The molecule has 3 aromatic rings. The normalized spacial score (nSPS) is 11.0. The van der Waals surface area contributed by atoms with Crippen LogP contribution in [0.2, 0.25) is 5.02 Å². The molecule has 0 aromatic heterocycles. The molecule has 6 nitrogen and oxygen atoms in total. The number of rotatable bonds is 6. The summed E-state index contributed by atoms with van der Waals surface area (Å²) in [7, 11) is 0. The van der Waals surface area contributed by atoms with Crippen molar-refractivity contribution in [1.29, 1.82) is 0 Å². The first kappa shape index (κ1) is 24.8. The molecule has 0 aliphatic heterocycles. The average Bonchev–Trinajstić information content (AvgIpc) is 2.79. The van der Waals surface area contributed by atoms with Crippen LogP contribution in [0.25, 0.3) is 0 Å². The lowest BCUT2D eigenvalue weighted by molar-refractivity contribution is -0.137. The minimum atomic E-state index is -4.57. The number of carbonyl (C=O) groups is 2. The number of halogens is 5. The maximum atomic E-state index is 13.3.